The number of aryl methyl sites for hydroxylation is 1. The van der Waals surface area contributed by atoms with E-state index in [1.165, 1.54) is 23.0 Å². The number of nitrogens with one attached hydrogen (secondary N) is 1. The molecule has 1 aliphatic rings. The van der Waals surface area contributed by atoms with Crippen molar-refractivity contribution in [3.8, 4) is 0 Å². The number of rotatable bonds is 3. The molecular formula is C17H16FN5O2. The average molecular weight is 341 g/mol. The largest absolute Gasteiger partial charge is 0.350 e. The third-order valence-electron chi connectivity index (χ3n) is 4.40. The van der Waals surface area contributed by atoms with Gasteiger partial charge in [-0.25, -0.2) is 14.4 Å². The van der Waals surface area contributed by atoms with Crippen LogP contribution >= 0.6 is 0 Å². The zero-order valence-corrected chi connectivity index (χ0v) is 13.4. The molecule has 0 aliphatic carbocycles. The van der Waals surface area contributed by atoms with Crippen molar-refractivity contribution in [1.82, 2.24) is 24.4 Å². The van der Waals surface area contributed by atoms with E-state index in [-0.39, 0.29) is 23.9 Å². The molecule has 0 bridgehead atoms. The highest BCUT2D eigenvalue weighted by Gasteiger charge is 2.20. The summed E-state index contributed by atoms with van der Waals surface area (Å²) in [6.45, 7) is 0.517. The molecular weight excluding hydrogens is 325 g/mol. The van der Waals surface area contributed by atoms with E-state index in [1.54, 1.807) is 6.20 Å². The lowest BCUT2D eigenvalue weighted by atomic mass is 10.1. The minimum absolute atomic E-state index is 0.00392. The van der Waals surface area contributed by atoms with Crippen LogP contribution < -0.4 is 10.9 Å². The Labute approximate surface area is 142 Å². The lowest BCUT2D eigenvalue weighted by Gasteiger charge is -2.24. The number of hydrogen-bond acceptors (Lipinski definition) is 4. The predicted octanol–water partition coefficient (Wildman–Crippen LogP) is 0.863. The smallest absolute Gasteiger partial charge is 0.261 e. The summed E-state index contributed by atoms with van der Waals surface area (Å²) in [7, 11) is 0. The molecule has 0 radical (unpaired) electrons. The Morgan fingerprint density at radius 3 is 3.12 bits per heavy atom. The van der Waals surface area contributed by atoms with Crippen LogP contribution in [0, 0.1) is 5.82 Å². The van der Waals surface area contributed by atoms with Crippen LogP contribution in [0.4, 0.5) is 4.39 Å². The SMILES string of the molecule is O=C(Cn1cnc2ccc(F)cc2c1=O)NC1CCc2nccn2C1. The molecule has 0 saturated heterocycles. The topological polar surface area (TPSA) is 81.8 Å². The van der Waals surface area contributed by atoms with Gasteiger partial charge in [0, 0.05) is 31.4 Å². The van der Waals surface area contributed by atoms with Crippen molar-refractivity contribution >= 4 is 16.8 Å². The van der Waals surface area contributed by atoms with Gasteiger partial charge < -0.3 is 9.88 Å². The van der Waals surface area contributed by atoms with Gasteiger partial charge in [-0.3, -0.25) is 14.2 Å². The molecule has 1 aromatic carbocycles. The molecule has 1 amide bonds. The fraction of sp³-hybridized carbons (Fsp3) is 0.294. The molecule has 0 saturated carbocycles. The zero-order chi connectivity index (χ0) is 17.4. The van der Waals surface area contributed by atoms with E-state index in [4.69, 9.17) is 0 Å². The zero-order valence-electron chi connectivity index (χ0n) is 13.4. The third-order valence-corrected chi connectivity index (χ3v) is 4.40. The van der Waals surface area contributed by atoms with E-state index in [1.807, 2.05) is 10.8 Å². The first kappa shape index (κ1) is 15.5. The summed E-state index contributed by atoms with van der Waals surface area (Å²) in [4.78, 5) is 33.1. The van der Waals surface area contributed by atoms with Crippen LogP contribution in [0.1, 0.15) is 12.2 Å². The molecule has 1 aliphatic heterocycles. The molecule has 3 aromatic rings. The fourth-order valence-electron chi connectivity index (χ4n) is 3.16. The van der Waals surface area contributed by atoms with Crippen molar-refractivity contribution < 1.29 is 9.18 Å². The summed E-state index contributed by atoms with van der Waals surface area (Å²) in [5, 5.41) is 3.10. The number of benzene rings is 1. The Hall–Kier alpha value is -3.03. The van der Waals surface area contributed by atoms with Gasteiger partial charge in [0.15, 0.2) is 0 Å². The monoisotopic (exact) mass is 341 g/mol. The maximum atomic E-state index is 13.4. The number of hydrogen-bond donors (Lipinski definition) is 1. The van der Waals surface area contributed by atoms with Gasteiger partial charge >= 0.3 is 0 Å². The van der Waals surface area contributed by atoms with E-state index in [2.05, 4.69) is 15.3 Å². The van der Waals surface area contributed by atoms with Gasteiger partial charge in [0.1, 0.15) is 18.2 Å². The number of fused-ring (bicyclic) bond motifs is 2. The summed E-state index contributed by atoms with van der Waals surface area (Å²) in [5.41, 5.74) is -0.0248. The Morgan fingerprint density at radius 1 is 1.36 bits per heavy atom. The van der Waals surface area contributed by atoms with Crippen LogP contribution in [-0.4, -0.2) is 31.1 Å². The number of aromatic nitrogens is 4. The summed E-state index contributed by atoms with van der Waals surface area (Å²) < 4.78 is 16.6. The fourth-order valence-corrected chi connectivity index (χ4v) is 3.16. The number of imidazole rings is 1. The summed E-state index contributed by atoms with van der Waals surface area (Å²) in [6, 6.07) is 3.83. The van der Waals surface area contributed by atoms with Crippen molar-refractivity contribution in [3.63, 3.8) is 0 Å². The standard InChI is InChI=1S/C17H16FN5O2/c18-11-1-3-14-13(7-11)17(25)23(10-20-14)9-16(24)21-12-2-4-15-19-5-6-22(15)8-12/h1,3,5-7,10,12H,2,4,8-9H2,(H,21,24). The minimum atomic E-state index is -0.507. The molecule has 25 heavy (non-hydrogen) atoms. The Morgan fingerprint density at radius 2 is 2.24 bits per heavy atom. The van der Waals surface area contributed by atoms with Crippen molar-refractivity contribution in [1.29, 1.82) is 0 Å². The number of amides is 1. The highest BCUT2D eigenvalue weighted by molar-refractivity contribution is 5.79. The minimum Gasteiger partial charge on any atom is -0.350 e. The number of halogens is 1. The Bertz CT molecular complexity index is 1010. The highest BCUT2D eigenvalue weighted by atomic mass is 19.1. The van der Waals surface area contributed by atoms with Crippen molar-refractivity contribution in [2.75, 3.05) is 0 Å². The molecule has 4 rings (SSSR count). The van der Waals surface area contributed by atoms with E-state index in [0.29, 0.717) is 12.1 Å². The van der Waals surface area contributed by atoms with Crippen LogP contribution in [0.25, 0.3) is 10.9 Å². The quantitative estimate of drug-likeness (QED) is 0.766. The molecule has 1 atom stereocenters. The van der Waals surface area contributed by atoms with Crippen molar-refractivity contribution in [2.24, 2.45) is 0 Å². The second-order valence-corrected chi connectivity index (χ2v) is 6.14. The maximum Gasteiger partial charge on any atom is 0.261 e. The van der Waals surface area contributed by atoms with E-state index < -0.39 is 11.4 Å². The first-order valence-corrected chi connectivity index (χ1v) is 8.04. The van der Waals surface area contributed by atoms with E-state index in [9.17, 15) is 14.0 Å². The Kier molecular flexibility index (Phi) is 3.79. The normalized spacial score (nSPS) is 16.6. The predicted molar refractivity (Wildman–Crippen MR) is 88.4 cm³/mol. The van der Waals surface area contributed by atoms with Crippen LogP contribution in [0.15, 0.2) is 41.7 Å². The lowest BCUT2D eigenvalue weighted by Crippen LogP contribution is -2.43. The van der Waals surface area contributed by atoms with E-state index >= 15 is 0 Å². The molecule has 8 heteroatoms. The van der Waals surface area contributed by atoms with Gasteiger partial charge in [-0.2, -0.15) is 0 Å². The first-order valence-electron chi connectivity index (χ1n) is 8.04. The van der Waals surface area contributed by atoms with Gasteiger partial charge in [-0.05, 0) is 24.6 Å². The molecule has 1 N–H and O–H groups in total. The summed E-state index contributed by atoms with van der Waals surface area (Å²) in [6.07, 6.45) is 6.56. The second-order valence-electron chi connectivity index (χ2n) is 6.14. The first-order chi connectivity index (χ1) is 12.1. The van der Waals surface area contributed by atoms with Crippen LogP contribution in [-0.2, 0) is 24.3 Å². The van der Waals surface area contributed by atoms with Crippen molar-refractivity contribution in [3.05, 3.63) is 58.9 Å². The van der Waals surface area contributed by atoms with Crippen LogP contribution in [0.3, 0.4) is 0 Å². The lowest BCUT2D eigenvalue weighted by molar-refractivity contribution is -0.122. The average Bonchev–Trinajstić information content (AvgIpc) is 3.05. The highest BCUT2D eigenvalue weighted by Crippen LogP contribution is 2.13. The van der Waals surface area contributed by atoms with Gasteiger partial charge in [-0.15, -0.1) is 0 Å². The third kappa shape index (κ3) is 3.02. The van der Waals surface area contributed by atoms with E-state index in [0.717, 1.165) is 24.7 Å². The molecule has 0 fully saturated rings. The van der Waals surface area contributed by atoms with Crippen LogP contribution in [0.5, 0.6) is 0 Å². The summed E-state index contributed by atoms with van der Waals surface area (Å²) in [5.74, 6) is 0.239. The second kappa shape index (κ2) is 6.12. The van der Waals surface area contributed by atoms with Gasteiger partial charge in [-0.1, -0.05) is 0 Å². The van der Waals surface area contributed by atoms with Crippen molar-refractivity contribution in [2.45, 2.75) is 32.0 Å². The molecule has 128 valence electrons. The molecule has 3 heterocycles. The van der Waals surface area contributed by atoms with Crippen LogP contribution in [0.2, 0.25) is 0 Å². The molecule has 2 aromatic heterocycles. The van der Waals surface area contributed by atoms with Gasteiger partial charge in [0.25, 0.3) is 5.56 Å². The number of carbonyl (C=O) groups is 1. The van der Waals surface area contributed by atoms with Gasteiger partial charge in [0.2, 0.25) is 5.91 Å². The Balaban J connectivity index is 1.49. The van der Waals surface area contributed by atoms with Gasteiger partial charge in [0.05, 0.1) is 17.2 Å². The molecule has 7 nitrogen and oxygen atoms in total. The summed E-state index contributed by atoms with van der Waals surface area (Å²) >= 11 is 0. The number of nitrogens with zero attached hydrogens (tertiary/aromatic N) is 4. The molecule has 1 unspecified atom stereocenters. The molecule has 0 spiro atoms. The number of carbonyl (C=O) groups excluding carboxylic acids is 1. The maximum absolute atomic E-state index is 13.4.